The van der Waals surface area contributed by atoms with Crippen molar-refractivity contribution in [3.8, 4) is 0 Å². The molecule has 0 heterocycles. The maximum absolute atomic E-state index is 11.7. The van der Waals surface area contributed by atoms with Gasteiger partial charge in [0.1, 0.15) is 0 Å². The predicted molar refractivity (Wildman–Crippen MR) is 64.6 cm³/mol. The molecule has 0 aromatic heterocycles. The number of benzene rings is 1. The lowest BCUT2D eigenvalue weighted by molar-refractivity contribution is -0.136. The van der Waals surface area contributed by atoms with Crippen LogP contribution in [-0.4, -0.2) is 33.1 Å². The maximum atomic E-state index is 11.7. The topological polar surface area (TPSA) is 92.7 Å². The number of carboxylic acid groups (broad SMARTS) is 1. The molecule has 0 atom stereocenters. The molecule has 0 saturated heterocycles. The first kappa shape index (κ1) is 14.6. The largest absolute Gasteiger partial charge is 0.481 e. The standard InChI is InChI=1S/C11H15NO5S/c1-17-8-9-2-4-10(5-3-9)18(15,16)12-7-6-11(13)14/h2-5,12H,6-8H2,1H3,(H,13,14). The zero-order valence-corrected chi connectivity index (χ0v) is 10.7. The van der Waals surface area contributed by atoms with Crippen LogP contribution in [0.2, 0.25) is 0 Å². The van der Waals surface area contributed by atoms with E-state index in [4.69, 9.17) is 9.84 Å². The first-order chi connectivity index (χ1) is 8.45. The first-order valence-corrected chi connectivity index (χ1v) is 6.73. The Bertz CT molecular complexity index is 495. The number of methoxy groups -OCH3 is 1. The van der Waals surface area contributed by atoms with Gasteiger partial charge in [-0.05, 0) is 17.7 Å². The average molecular weight is 273 g/mol. The van der Waals surface area contributed by atoms with Crippen LogP contribution in [0.15, 0.2) is 29.2 Å². The number of hydrogen-bond donors (Lipinski definition) is 2. The summed E-state index contributed by atoms with van der Waals surface area (Å²) in [5.74, 6) is -1.05. The summed E-state index contributed by atoms with van der Waals surface area (Å²) in [4.78, 5) is 10.4. The maximum Gasteiger partial charge on any atom is 0.304 e. The van der Waals surface area contributed by atoms with Gasteiger partial charge in [0.15, 0.2) is 0 Å². The van der Waals surface area contributed by atoms with E-state index in [9.17, 15) is 13.2 Å². The number of nitrogens with one attached hydrogen (secondary N) is 1. The van der Waals surface area contributed by atoms with Crippen molar-refractivity contribution < 1.29 is 23.1 Å². The van der Waals surface area contributed by atoms with Gasteiger partial charge in [-0.25, -0.2) is 13.1 Å². The molecule has 0 spiro atoms. The van der Waals surface area contributed by atoms with E-state index < -0.39 is 16.0 Å². The molecule has 0 aliphatic heterocycles. The minimum atomic E-state index is -3.64. The lowest BCUT2D eigenvalue weighted by atomic mass is 10.2. The third kappa shape index (κ3) is 4.44. The summed E-state index contributed by atoms with van der Waals surface area (Å²) in [6, 6.07) is 6.21. The Morgan fingerprint density at radius 3 is 2.44 bits per heavy atom. The van der Waals surface area contributed by atoms with Crippen LogP contribution in [-0.2, 0) is 26.2 Å². The Hall–Kier alpha value is -1.44. The second-order valence-corrected chi connectivity index (χ2v) is 5.39. The Morgan fingerprint density at radius 2 is 1.94 bits per heavy atom. The van der Waals surface area contributed by atoms with Crippen molar-refractivity contribution >= 4 is 16.0 Å². The first-order valence-electron chi connectivity index (χ1n) is 5.25. The van der Waals surface area contributed by atoms with Gasteiger partial charge in [0, 0.05) is 13.7 Å². The number of aliphatic carboxylic acids is 1. The number of carbonyl (C=O) groups is 1. The molecule has 1 rings (SSSR count). The second-order valence-electron chi connectivity index (χ2n) is 3.62. The summed E-state index contributed by atoms with van der Waals surface area (Å²) in [6.07, 6.45) is -0.249. The quantitative estimate of drug-likeness (QED) is 0.758. The molecule has 0 amide bonds. The molecule has 7 heteroatoms. The van der Waals surface area contributed by atoms with E-state index >= 15 is 0 Å². The van der Waals surface area contributed by atoms with Crippen LogP contribution in [0.4, 0.5) is 0 Å². The van der Waals surface area contributed by atoms with Crippen LogP contribution in [0.25, 0.3) is 0 Å². The van der Waals surface area contributed by atoms with Crippen LogP contribution in [0.1, 0.15) is 12.0 Å². The van der Waals surface area contributed by atoms with Gasteiger partial charge in [0.05, 0.1) is 17.9 Å². The normalized spacial score (nSPS) is 11.4. The molecule has 2 N–H and O–H groups in total. The predicted octanol–water partition coefficient (Wildman–Crippen LogP) is 0.586. The Labute approximate surface area is 106 Å². The van der Waals surface area contributed by atoms with Crippen LogP contribution in [0.5, 0.6) is 0 Å². The van der Waals surface area contributed by atoms with Gasteiger partial charge in [-0.2, -0.15) is 0 Å². The molecular weight excluding hydrogens is 258 g/mol. The van der Waals surface area contributed by atoms with E-state index in [-0.39, 0.29) is 17.9 Å². The number of hydrogen-bond acceptors (Lipinski definition) is 4. The Balaban J connectivity index is 2.69. The molecule has 0 fully saturated rings. The molecule has 6 nitrogen and oxygen atoms in total. The molecule has 1 aromatic carbocycles. The van der Waals surface area contributed by atoms with Crippen LogP contribution < -0.4 is 4.72 Å². The molecule has 0 bridgehead atoms. The van der Waals surface area contributed by atoms with Gasteiger partial charge in [-0.15, -0.1) is 0 Å². The Kier molecular flexibility index (Phi) is 5.26. The van der Waals surface area contributed by atoms with Gasteiger partial charge in [0.2, 0.25) is 10.0 Å². The molecule has 0 aliphatic carbocycles. The molecule has 0 unspecified atom stereocenters. The fraction of sp³-hybridized carbons (Fsp3) is 0.364. The van der Waals surface area contributed by atoms with E-state index in [1.54, 1.807) is 19.2 Å². The molecule has 0 saturated carbocycles. The fourth-order valence-electron chi connectivity index (χ4n) is 1.31. The second kappa shape index (κ2) is 6.48. The summed E-state index contributed by atoms with van der Waals surface area (Å²) in [5.41, 5.74) is 0.863. The van der Waals surface area contributed by atoms with E-state index in [0.717, 1.165) is 5.56 Å². The lowest BCUT2D eigenvalue weighted by Crippen LogP contribution is -2.26. The summed E-state index contributed by atoms with van der Waals surface area (Å²) in [5, 5.41) is 8.43. The minimum absolute atomic E-state index is 0.104. The van der Waals surface area contributed by atoms with Crippen molar-refractivity contribution in [1.29, 1.82) is 0 Å². The highest BCUT2D eigenvalue weighted by atomic mass is 32.2. The van der Waals surface area contributed by atoms with Crippen molar-refractivity contribution in [2.24, 2.45) is 0 Å². The summed E-state index contributed by atoms with van der Waals surface area (Å²) >= 11 is 0. The highest BCUT2D eigenvalue weighted by Crippen LogP contribution is 2.11. The van der Waals surface area contributed by atoms with Gasteiger partial charge in [-0.3, -0.25) is 4.79 Å². The fourth-order valence-corrected chi connectivity index (χ4v) is 2.34. The van der Waals surface area contributed by atoms with Crippen molar-refractivity contribution in [2.75, 3.05) is 13.7 Å². The zero-order valence-electron chi connectivity index (χ0n) is 9.92. The van der Waals surface area contributed by atoms with E-state index in [2.05, 4.69) is 4.72 Å². The van der Waals surface area contributed by atoms with Crippen molar-refractivity contribution in [1.82, 2.24) is 4.72 Å². The average Bonchev–Trinajstić information content (AvgIpc) is 2.29. The van der Waals surface area contributed by atoms with Gasteiger partial charge < -0.3 is 9.84 Å². The van der Waals surface area contributed by atoms with Gasteiger partial charge in [0.25, 0.3) is 0 Å². The van der Waals surface area contributed by atoms with E-state index in [0.29, 0.717) is 6.61 Å². The highest BCUT2D eigenvalue weighted by Gasteiger charge is 2.13. The van der Waals surface area contributed by atoms with Gasteiger partial charge >= 0.3 is 5.97 Å². The molecule has 18 heavy (non-hydrogen) atoms. The van der Waals surface area contributed by atoms with Crippen molar-refractivity contribution in [2.45, 2.75) is 17.9 Å². The van der Waals surface area contributed by atoms with Crippen LogP contribution in [0.3, 0.4) is 0 Å². The molecular formula is C11H15NO5S. The minimum Gasteiger partial charge on any atom is -0.481 e. The van der Waals surface area contributed by atoms with Crippen molar-refractivity contribution in [3.05, 3.63) is 29.8 Å². The lowest BCUT2D eigenvalue weighted by Gasteiger charge is -2.06. The molecule has 100 valence electrons. The molecule has 1 aromatic rings. The summed E-state index contributed by atoms with van der Waals surface area (Å²) in [7, 11) is -2.09. The SMILES string of the molecule is COCc1ccc(S(=O)(=O)NCCC(=O)O)cc1. The number of ether oxygens (including phenoxy) is 1. The van der Waals surface area contributed by atoms with Crippen molar-refractivity contribution in [3.63, 3.8) is 0 Å². The number of rotatable bonds is 7. The number of sulfonamides is 1. The summed E-state index contributed by atoms with van der Waals surface area (Å²) in [6.45, 7) is 0.282. The third-order valence-electron chi connectivity index (χ3n) is 2.18. The highest BCUT2D eigenvalue weighted by molar-refractivity contribution is 7.89. The smallest absolute Gasteiger partial charge is 0.304 e. The Morgan fingerprint density at radius 1 is 1.33 bits per heavy atom. The summed E-state index contributed by atoms with van der Waals surface area (Å²) < 4.78 is 30.6. The van der Waals surface area contributed by atoms with Crippen LogP contribution in [0, 0.1) is 0 Å². The van der Waals surface area contributed by atoms with Gasteiger partial charge in [-0.1, -0.05) is 12.1 Å². The van der Waals surface area contributed by atoms with E-state index in [1.807, 2.05) is 0 Å². The monoisotopic (exact) mass is 273 g/mol. The third-order valence-corrected chi connectivity index (χ3v) is 3.65. The molecule has 0 radical (unpaired) electrons. The number of carboxylic acids is 1. The zero-order chi connectivity index (χ0) is 13.6. The van der Waals surface area contributed by atoms with Crippen LogP contribution >= 0.6 is 0 Å². The molecule has 0 aliphatic rings. The van der Waals surface area contributed by atoms with E-state index in [1.165, 1.54) is 12.1 Å².